The summed E-state index contributed by atoms with van der Waals surface area (Å²) in [7, 11) is 2.15. The third kappa shape index (κ3) is 3.12. The van der Waals surface area contributed by atoms with E-state index in [9.17, 15) is 4.79 Å². The number of hydrogen-bond donors (Lipinski definition) is 0. The number of rotatable bonds is 2. The second kappa shape index (κ2) is 5.92. The van der Waals surface area contributed by atoms with E-state index < -0.39 is 0 Å². The third-order valence-corrected chi connectivity index (χ3v) is 4.11. The van der Waals surface area contributed by atoms with Crippen molar-refractivity contribution in [1.82, 2.24) is 9.47 Å². The zero-order valence-electron chi connectivity index (χ0n) is 12.0. The van der Waals surface area contributed by atoms with E-state index in [4.69, 9.17) is 11.6 Å². The molecule has 0 N–H and O–H groups in total. The lowest BCUT2D eigenvalue weighted by atomic mass is 10.2. The molecule has 0 unspecified atom stereocenters. The Balaban J connectivity index is 1.82. The standard InChI is InChI=1S/C16H18ClN3O/c1-18-8-10-19(11-9-18)14-2-4-15(5-3-14)20-7-6-13(17)12-16(20)21/h2-7,12H,8-11H2,1H3. The summed E-state index contributed by atoms with van der Waals surface area (Å²) in [6.45, 7) is 4.24. The molecular weight excluding hydrogens is 286 g/mol. The summed E-state index contributed by atoms with van der Waals surface area (Å²) in [4.78, 5) is 16.6. The number of halogens is 1. The molecule has 0 atom stereocenters. The zero-order valence-corrected chi connectivity index (χ0v) is 12.8. The highest BCUT2D eigenvalue weighted by atomic mass is 35.5. The molecule has 2 heterocycles. The van der Waals surface area contributed by atoms with Gasteiger partial charge in [-0.2, -0.15) is 0 Å². The maximum absolute atomic E-state index is 11.9. The number of aromatic nitrogens is 1. The molecule has 0 amide bonds. The molecule has 2 aromatic rings. The van der Waals surface area contributed by atoms with E-state index in [1.807, 2.05) is 12.1 Å². The predicted octanol–water partition coefficient (Wildman–Crippen LogP) is 2.24. The van der Waals surface area contributed by atoms with E-state index in [-0.39, 0.29) is 5.56 Å². The summed E-state index contributed by atoms with van der Waals surface area (Å²) in [5.74, 6) is 0. The number of pyridine rings is 1. The van der Waals surface area contributed by atoms with Gasteiger partial charge in [0.05, 0.1) is 0 Å². The SMILES string of the molecule is CN1CCN(c2ccc(-n3ccc(Cl)cc3=O)cc2)CC1. The molecule has 0 spiro atoms. The fourth-order valence-corrected chi connectivity index (χ4v) is 2.71. The summed E-state index contributed by atoms with van der Waals surface area (Å²) in [5.41, 5.74) is 1.94. The van der Waals surface area contributed by atoms with Crippen LogP contribution in [0.2, 0.25) is 5.02 Å². The van der Waals surface area contributed by atoms with Crippen molar-refractivity contribution < 1.29 is 0 Å². The fraction of sp³-hybridized carbons (Fsp3) is 0.312. The number of anilines is 1. The van der Waals surface area contributed by atoms with Gasteiger partial charge in [-0.25, -0.2) is 0 Å². The first kappa shape index (κ1) is 14.2. The van der Waals surface area contributed by atoms with Crippen LogP contribution in [0, 0.1) is 0 Å². The predicted molar refractivity (Wildman–Crippen MR) is 86.8 cm³/mol. The normalized spacial score (nSPS) is 16.2. The minimum atomic E-state index is -0.116. The Bertz CT molecular complexity index is 673. The Labute approximate surface area is 129 Å². The number of piperazine rings is 1. The highest BCUT2D eigenvalue weighted by molar-refractivity contribution is 6.30. The van der Waals surface area contributed by atoms with E-state index in [1.165, 1.54) is 11.8 Å². The molecule has 0 saturated carbocycles. The van der Waals surface area contributed by atoms with E-state index in [0.717, 1.165) is 31.9 Å². The van der Waals surface area contributed by atoms with Crippen LogP contribution in [0.3, 0.4) is 0 Å². The van der Waals surface area contributed by atoms with Gasteiger partial charge in [0.15, 0.2) is 0 Å². The van der Waals surface area contributed by atoms with Crippen molar-refractivity contribution in [3.05, 3.63) is 58.0 Å². The van der Waals surface area contributed by atoms with Crippen molar-refractivity contribution in [3.63, 3.8) is 0 Å². The summed E-state index contributed by atoms with van der Waals surface area (Å²) in [6, 6.07) is 11.2. The van der Waals surface area contributed by atoms with Gasteiger partial charge in [0.2, 0.25) is 0 Å². The lowest BCUT2D eigenvalue weighted by Crippen LogP contribution is -2.44. The van der Waals surface area contributed by atoms with E-state index >= 15 is 0 Å². The van der Waals surface area contributed by atoms with Crippen LogP contribution in [-0.2, 0) is 0 Å². The first-order valence-electron chi connectivity index (χ1n) is 7.05. The second-order valence-corrected chi connectivity index (χ2v) is 5.80. The van der Waals surface area contributed by atoms with Crippen LogP contribution in [0.1, 0.15) is 0 Å². The Morgan fingerprint density at radius 1 is 0.952 bits per heavy atom. The summed E-state index contributed by atoms with van der Waals surface area (Å²) in [5, 5.41) is 0.463. The van der Waals surface area contributed by atoms with E-state index in [2.05, 4.69) is 29.0 Å². The highest BCUT2D eigenvalue weighted by Crippen LogP contribution is 2.18. The van der Waals surface area contributed by atoms with Gasteiger partial charge in [-0.05, 0) is 37.4 Å². The Morgan fingerprint density at radius 2 is 1.57 bits per heavy atom. The summed E-state index contributed by atoms with van der Waals surface area (Å²) < 4.78 is 1.60. The Kier molecular flexibility index (Phi) is 3.99. The van der Waals surface area contributed by atoms with Gasteiger partial charge in [0, 0.05) is 54.8 Å². The quantitative estimate of drug-likeness (QED) is 0.852. The monoisotopic (exact) mass is 303 g/mol. The van der Waals surface area contributed by atoms with Gasteiger partial charge in [-0.1, -0.05) is 11.6 Å². The van der Waals surface area contributed by atoms with Gasteiger partial charge in [-0.3, -0.25) is 9.36 Å². The van der Waals surface area contributed by atoms with Crippen LogP contribution in [0.4, 0.5) is 5.69 Å². The molecule has 0 aliphatic carbocycles. The zero-order chi connectivity index (χ0) is 14.8. The molecule has 1 aromatic carbocycles. The molecule has 1 aromatic heterocycles. The van der Waals surface area contributed by atoms with E-state index in [0.29, 0.717) is 5.02 Å². The number of benzene rings is 1. The van der Waals surface area contributed by atoms with Crippen molar-refractivity contribution in [2.45, 2.75) is 0 Å². The van der Waals surface area contributed by atoms with Crippen LogP contribution < -0.4 is 10.5 Å². The van der Waals surface area contributed by atoms with Gasteiger partial charge in [0.1, 0.15) is 0 Å². The van der Waals surface area contributed by atoms with Gasteiger partial charge in [0.25, 0.3) is 5.56 Å². The average Bonchev–Trinajstić information content (AvgIpc) is 2.48. The van der Waals surface area contributed by atoms with Crippen molar-refractivity contribution in [2.75, 3.05) is 38.1 Å². The minimum absolute atomic E-state index is 0.116. The number of hydrogen-bond acceptors (Lipinski definition) is 3. The first-order valence-corrected chi connectivity index (χ1v) is 7.43. The molecule has 1 aliphatic rings. The van der Waals surface area contributed by atoms with Crippen molar-refractivity contribution in [1.29, 1.82) is 0 Å². The van der Waals surface area contributed by atoms with Crippen LogP contribution >= 0.6 is 11.6 Å². The van der Waals surface area contributed by atoms with E-state index in [1.54, 1.807) is 16.8 Å². The number of nitrogens with zero attached hydrogens (tertiary/aromatic N) is 3. The third-order valence-electron chi connectivity index (χ3n) is 3.88. The topological polar surface area (TPSA) is 28.5 Å². The van der Waals surface area contributed by atoms with Crippen LogP contribution in [0.15, 0.2) is 47.4 Å². The fourth-order valence-electron chi connectivity index (χ4n) is 2.56. The van der Waals surface area contributed by atoms with Gasteiger partial charge in [-0.15, -0.1) is 0 Å². The molecule has 1 aliphatic heterocycles. The lowest BCUT2D eigenvalue weighted by molar-refractivity contribution is 0.313. The van der Waals surface area contributed by atoms with Gasteiger partial charge >= 0.3 is 0 Å². The maximum Gasteiger partial charge on any atom is 0.256 e. The molecule has 1 saturated heterocycles. The van der Waals surface area contributed by atoms with Crippen molar-refractivity contribution >= 4 is 17.3 Å². The molecule has 21 heavy (non-hydrogen) atoms. The lowest BCUT2D eigenvalue weighted by Gasteiger charge is -2.34. The van der Waals surface area contributed by atoms with Crippen LogP contribution in [0.5, 0.6) is 0 Å². The van der Waals surface area contributed by atoms with Crippen LogP contribution in [0.25, 0.3) is 5.69 Å². The molecule has 5 heteroatoms. The Hall–Kier alpha value is -1.78. The summed E-state index contributed by atoms with van der Waals surface area (Å²) in [6.07, 6.45) is 1.70. The molecule has 3 rings (SSSR count). The minimum Gasteiger partial charge on any atom is -0.369 e. The van der Waals surface area contributed by atoms with Crippen molar-refractivity contribution in [2.24, 2.45) is 0 Å². The average molecular weight is 304 g/mol. The molecule has 0 radical (unpaired) electrons. The number of likely N-dealkylation sites (N-methyl/N-ethyl adjacent to an activating group) is 1. The molecule has 0 bridgehead atoms. The molecule has 110 valence electrons. The van der Waals surface area contributed by atoms with Crippen LogP contribution in [-0.4, -0.2) is 42.7 Å². The smallest absolute Gasteiger partial charge is 0.256 e. The first-order chi connectivity index (χ1) is 10.1. The summed E-state index contributed by atoms with van der Waals surface area (Å²) >= 11 is 5.82. The molecule has 1 fully saturated rings. The maximum atomic E-state index is 11.9. The second-order valence-electron chi connectivity index (χ2n) is 5.36. The molecule has 4 nitrogen and oxygen atoms in total. The highest BCUT2D eigenvalue weighted by Gasteiger charge is 2.14. The Morgan fingerprint density at radius 3 is 2.19 bits per heavy atom. The van der Waals surface area contributed by atoms with Gasteiger partial charge < -0.3 is 9.80 Å². The molecular formula is C16H18ClN3O. The largest absolute Gasteiger partial charge is 0.369 e. The van der Waals surface area contributed by atoms with Crippen molar-refractivity contribution in [3.8, 4) is 5.69 Å².